The average Bonchev–Trinajstić information content (AvgIpc) is 2.17. The summed E-state index contributed by atoms with van der Waals surface area (Å²) in [5.41, 5.74) is 0.160. The van der Waals surface area contributed by atoms with Gasteiger partial charge in [0.15, 0.2) is 0 Å². The lowest BCUT2D eigenvalue weighted by Gasteiger charge is -2.04. The molecule has 0 aromatic carbocycles. The number of aliphatic hydroxyl groups is 1. The van der Waals surface area contributed by atoms with E-state index in [1.807, 2.05) is 0 Å². The summed E-state index contributed by atoms with van der Waals surface area (Å²) in [6.07, 6.45) is 1.14. The van der Waals surface area contributed by atoms with Crippen molar-refractivity contribution >= 4 is 11.8 Å². The van der Waals surface area contributed by atoms with Gasteiger partial charge in [0.05, 0.1) is 6.61 Å². The van der Waals surface area contributed by atoms with Gasteiger partial charge >= 0.3 is 0 Å². The molecule has 2 amide bonds. The summed E-state index contributed by atoms with van der Waals surface area (Å²) in [7, 11) is 1.38. The number of likely N-dealkylation sites (N-methyl/N-ethyl adjacent to an activating group) is 1. The van der Waals surface area contributed by atoms with E-state index in [2.05, 4.69) is 0 Å². The number of hydrogen-bond donors (Lipinski definition) is 1. The molecule has 1 rings (SSSR count). The van der Waals surface area contributed by atoms with Gasteiger partial charge in [0.1, 0.15) is 0 Å². The highest BCUT2D eigenvalue weighted by atomic mass is 16.3. The molecular formula is C6H7NO3. The molecule has 4 nitrogen and oxygen atoms in total. The van der Waals surface area contributed by atoms with Crippen LogP contribution >= 0.6 is 0 Å². The van der Waals surface area contributed by atoms with Crippen molar-refractivity contribution in [2.75, 3.05) is 13.7 Å². The van der Waals surface area contributed by atoms with Crippen LogP contribution in [0, 0.1) is 0 Å². The third-order valence-electron chi connectivity index (χ3n) is 1.38. The van der Waals surface area contributed by atoms with Gasteiger partial charge in [-0.2, -0.15) is 0 Å². The SMILES string of the molecule is CN1C(=O)C=C(CO)C1=O. The molecule has 0 atom stereocenters. The summed E-state index contributed by atoms with van der Waals surface area (Å²) in [6, 6.07) is 0. The number of aliphatic hydroxyl groups excluding tert-OH is 1. The number of carbonyl (C=O) groups excluding carboxylic acids is 2. The summed E-state index contributed by atoms with van der Waals surface area (Å²) in [5.74, 6) is -0.776. The molecule has 0 unspecified atom stereocenters. The molecule has 1 heterocycles. The van der Waals surface area contributed by atoms with Gasteiger partial charge in [-0.15, -0.1) is 0 Å². The second-order valence-corrected chi connectivity index (χ2v) is 2.03. The van der Waals surface area contributed by atoms with Crippen LogP contribution in [0.5, 0.6) is 0 Å². The van der Waals surface area contributed by atoms with Gasteiger partial charge in [0, 0.05) is 18.7 Å². The maximum atomic E-state index is 10.8. The molecule has 0 saturated carbocycles. The Hall–Kier alpha value is -1.16. The molecule has 4 heteroatoms. The lowest BCUT2D eigenvalue weighted by molar-refractivity contribution is -0.135. The van der Waals surface area contributed by atoms with Crippen LogP contribution in [0.25, 0.3) is 0 Å². The van der Waals surface area contributed by atoms with Gasteiger partial charge in [-0.3, -0.25) is 14.5 Å². The Balaban J connectivity index is 2.89. The Morgan fingerprint density at radius 2 is 2.20 bits per heavy atom. The van der Waals surface area contributed by atoms with E-state index in [0.717, 1.165) is 11.0 Å². The molecule has 10 heavy (non-hydrogen) atoms. The molecular weight excluding hydrogens is 134 g/mol. The number of rotatable bonds is 1. The highest BCUT2D eigenvalue weighted by Gasteiger charge is 2.26. The predicted octanol–water partition coefficient (Wildman–Crippen LogP) is -1.10. The smallest absolute Gasteiger partial charge is 0.258 e. The van der Waals surface area contributed by atoms with Crippen molar-refractivity contribution < 1.29 is 14.7 Å². The third-order valence-corrected chi connectivity index (χ3v) is 1.38. The number of amides is 2. The number of imide groups is 1. The maximum Gasteiger partial charge on any atom is 0.258 e. The Morgan fingerprint density at radius 1 is 1.60 bits per heavy atom. The quantitative estimate of drug-likeness (QED) is 0.472. The second-order valence-electron chi connectivity index (χ2n) is 2.03. The van der Waals surface area contributed by atoms with E-state index >= 15 is 0 Å². The van der Waals surface area contributed by atoms with Gasteiger partial charge in [-0.1, -0.05) is 0 Å². The lowest BCUT2D eigenvalue weighted by Crippen LogP contribution is -2.26. The first-order valence-corrected chi connectivity index (χ1v) is 2.80. The molecule has 1 aliphatic rings. The zero-order valence-electron chi connectivity index (χ0n) is 5.50. The molecule has 0 saturated heterocycles. The maximum absolute atomic E-state index is 10.8. The first-order chi connectivity index (χ1) is 4.66. The zero-order chi connectivity index (χ0) is 7.72. The van der Waals surface area contributed by atoms with Crippen molar-refractivity contribution in [3.8, 4) is 0 Å². The van der Waals surface area contributed by atoms with E-state index in [-0.39, 0.29) is 18.1 Å². The average molecular weight is 141 g/mol. The molecule has 1 aliphatic heterocycles. The fourth-order valence-corrected chi connectivity index (χ4v) is 0.736. The van der Waals surface area contributed by atoms with Crippen LogP contribution in [0.1, 0.15) is 0 Å². The molecule has 0 aliphatic carbocycles. The van der Waals surface area contributed by atoms with Gasteiger partial charge in [0.2, 0.25) is 0 Å². The topological polar surface area (TPSA) is 57.6 Å². The fraction of sp³-hybridized carbons (Fsp3) is 0.333. The minimum Gasteiger partial charge on any atom is -0.391 e. The van der Waals surface area contributed by atoms with Crippen LogP contribution in [0.15, 0.2) is 11.6 Å². The highest BCUT2D eigenvalue weighted by molar-refractivity contribution is 6.16. The molecule has 0 aromatic rings. The number of hydrogen-bond acceptors (Lipinski definition) is 3. The molecule has 54 valence electrons. The van der Waals surface area contributed by atoms with Crippen LogP contribution in [0.4, 0.5) is 0 Å². The van der Waals surface area contributed by atoms with E-state index < -0.39 is 5.91 Å². The molecule has 0 radical (unpaired) electrons. The van der Waals surface area contributed by atoms with Gasteiger partial charge < -0.3 is 5.11 Å². The van der Waals surface area contributed by atoms with Crippen LogP contribution in [-0.2, 0) is 9.59 Å². The van der Waals surface area contributed by atoms with Crippen LogP contribution in [0.3, 0.4) is 0 Å². The third kappa shape index (κ3) is 0.823. The largest absolute Gasteiger partial charge is 0.391 e. The van der Waals surface area contributed by atoms with E-state index in [4.69, 9.17) is 5.11 Å². The summed E-state index contributed by atoms with van der Waals surface area (Å²) < 4.78 is 0. The monoisotopic (exact) mass is 141 g/mol. The summed E-state index contributed by atoms with van der Waals surface area (Å²) in [4.78, 5) is 22.5. The standard InChI is InChI=1S/C6H7NO3/c1-7-5(9)2-4(3-8)6(7)10/h2,8H,3H2,1H3. The van der Waals surface area contributed by atoms with Gasteiger partial charge in [0.25, 0.3) is 11.8 Å². The Kier molecular flexibility index (Phi) is 1.55. The molecule has 0 aromatic heterocycles. The Bertz CT molecular complexity index is 219. The molecule has 0 bridgehead atoms. The van der Waals surface area contributed by atoms with Crippen molar-refractivity contribution in [2.45, 2.75) is 0 Å². The second kappa shape index (κ2) is 2.22. The summed E-state index contributed by atoms with van der Waals surface area (Å²) in [5, 5.41) is 8.50. The Labute approximate surface area is 57.7 Å². The van der Waals surface area contributed by atoms with E-state index in [9.17, 15) is 9.59 Å². The molecule has 0 fully saturated rings. The fourth-order valence-electron chi connectivity index (χ4n) is 0.736. The van der Waals surface area contributed by atoms with Crippen molar-refractivity contribution in [3.05, 3.63) is 11.6 Å². The lowest BCUT2D eigenvalue weighted by atomic mass is 10.3. The highest BCUT2D eigenvalue weighted by Crippen LogP contribution is 2.08. The molecule has 1 N–H and O–H groups in total. The van der Waals surface area contributed by atoms with E-state index in [1.165, 1.54) is 7.05 Å². The first kappa shape index (κ1) is 6.95. The van der Waals surface area contributed by atoms with Crippen LogP contribution in [0.2, 0.25) is 0 Å². The summed E-state index contributed by atoms with van der Waals surface area (Å²) >= 11 is 0. The van der Waals surface area contributed by atoms with E-state index in [0.29, 0.717) is 0 Å². The van der Waals surface area contributed by atoms with Crippen molar-refractivity contribution in [2.24, 2.45) is 0 Å². The molecule has 0 spiro atoms. The van der Waals surface area contributed by atoms with Crippen molar-refractivity contribution in [1.82, 2.24) is 4.90 Å². The van der Waals surface area contributed by atoms with Crippen molar-refractivity contribution in [3.63, 3.8) is 0 Å². The number of carbonyl (C=O) groups is 2. The zero-order valence-corrected chi connectivity index (χ0v) is 5.50. The van der Waals surface area contributed by atoms with Crippen molar-refractivity contribution in [1.29, 1.82) is 0 Å². The van der Waals surface area contributed by atoms with Gasteiger partial charge in [-0.25, -0.2) is 0 Å². The minimum absolute atomic E-state index is 0.160. The number of nitrogens with zero attached hydrogens (tertiary/aromatic N) is 1. The normalized spacial score (nSPS) is 18.2. The predicted molar refractivity (Wildman–Crippen MR) is 32.9 cm³/mol. The Morgan fingerprint density at radius 3 is 2.40 bits per heavy atom. The van der Waals surface area contributed by atoms with Crippen LogP contribution < -0.4 is 0 Å². The van der Waals surface area contributed by atoms with Gasteiger partial charge in [-0.05, 0) is 0 Å². The summed E-state index contributed by atoms with van der Waals surface area (Å²) in [6.45, 7) is -0.366. The van der Waals surface area contributed by atoms with E-state index in [1.54, 1.807) is 0 Å². The first-order valence-electron chi connectivity index (χ1n) is 2.80. The minimum atomic E-state index is -0.410. The van der Waals surface area contributed by atoms with Crippen LogP contribution in [-0.4, -0.2) is 35.5 Å².